The molecule has 0 bridgehead atoms. The molecule has 1 amide bonds. The van der Waals surface area contributed by atoms with Crippen molar-refractivity contribution >= 4 is 17.5 Å². The number of hydrogen-bond acceptors (Lipinski definition) is 2. The van der Waals surface area contributed by atoms with Gasteiger partial charge in [0.05, 0.1) is 11.3 Å². The molecule has 3 rings (SSSR count). The summed E-state index contributed by atoms with van der Waals surface area (Å²) in [5.74, 6) is 0.109. The van der Waals surface area contributed by atoms with Gasteiger partial charge in [0.25, 0.3) is 5.91 Å². The van der Waals surface area contributed by atoms with Crippen molar-refractivity contribution in [2.75, 3.05) is 6.54 Å². The van der Waals surface area contributed by atoms with Gasteiger partial charge in [0.15, 0.2) is 0 Å². The Morgan fingerprint density at radius 2 is 2.00 bits per heavy atom. The van der Waals surface area contributed by atoms with Crippen LogP contribution in [0.4, 0.5) is 0 Å². The van der Waals surface area contributed by atoms with E-state index < -0.39 is 0 Å². The number of fused-ring (bicyclic) bond motifs is 1. The Hall–Kier alpha value is -1.87. The van der Waals surface area contributed by atoms with Crippen molar-refractivity contribution in [2.45, 2.75) is 12.3 Å². The SMILES string of the molecule is O=C1NC[C@@H](Cc2ccccc2)c2nc(Cl)ccc21. The normalized spacial score (nSPS) is 17.7. The third-order valence-electron chi connectivity index (χ3n) is 3.36. The number of carbonyl (C=O) groups excluding carboxylic acids is 1. The number of halogens is 1. The van der Waals surface area contributed by atoms with Gasteiger partial charge in [-0.05, 0) is 24.1 Å². The van der Waals surface area contributed by atoms with Crippen LogP contribution < -0.4 is 5.32 Å². The minimum atomic E-state index is -0.0662. The minimum absolute atomic E-state index is 0.0662. The Labute approximate surface area is 116 Å². The number of carbonyl (C=O) groups is 1. The zero-order chi connectivity index (χ0) is 13.2. The molecule has 0 radical (unpaired) electrons. The summed E-state index contributed by atoms with van der Waals surface area (Å²) in [6.07, 6.45) is 0.849. The van der Waals surface area contributed by atoms with E-state index in [0.717, 1.165) is 12.1 Å². The first-order valence-electron chi connectivity index (χ1n) is 6.22. The van der Waals surface area contributed by atoms with E-state index in [0.29, 0.717) is 17.3 Å². The van der Waals surface area contributed by atoms with Gasteiger partial charge in [-0.25, -0.2) is 4.98 Å². The molecule has 0 saturated carbocycles. The average molecular weight is 273 g/mol. The summed E-state index contributed by atoms with van der Waals surface area (Å²) < 4.78 is 0. The van der Waals surface area contributed by atoms with E-state index in [-0.39, 0.29) is 11.8 Å². The van der Waals surface area contributed by atoms with Crippen LogP contribution in [-0.4, -0.2) is 17.4 Å². The van der Waals surface area contributed by atoms with Crippen molar-refractivity contribution in [3.05, 3.63) is 64.4 Å². The second-order valence-corrected chi connectivity index (χ2v) is 5.05. The number of nitrogens with zero attached hydrogens (tertiary/aromatic N) is 1. The molecule has 0 aliphatic carbocycles. The number of amides is 1. The predicted octanol–water partition coefficient (Wildman–Crippen LogP) is 2.80. The molecule has 0 unspecified atom stereocenters. The maximum Gasteiger partial charge on any atom is 0.253 e. The molecule has 1 aromatic carbocycles. The molecule has 2 heterocycles. The lowest BCUT2D eigenvalue weighted by molar-refractivity contribution is 0.0938. The summed E-state index contributed by atoms with van der Waals surface area (Å²) in [7, 11) is 0. The largest absolute Gasteiger partial charge is 0.351 e. The number of nitrogens with one attached hydrogen (secondary N) is 1. The molecular weight excluding hydrogens is 260 g/mol. The molecule has 1 aliphatic rings. The maximum atomic E-state index is 11.8. The maximum absolute atomic E-state index is 11.8. The Morgan fingerprint density at radius 1 is 1.21 bits per heavy atom. The molecule has 0 saturated heterocycles. The molecular formula is C15H13ClN2O. The van der Waals surface area contributed by atoms with E-state index in [2.05, 4.69) is 22.4 Å². The molecule has 0 fully saturated rings. The predicted molar refractivity (Wildman–Crippen MR) is 74.5 cm³/mol. The van der Waals surface area contributed by atoms with Gasteiger partial charge in [0.1, 0.15) is 5.15 Å². The molecule has 4 heteroatoms. The molecule has 19 heavy (non-hydrogen) atoms. The van der Waals surface area contributed by atoms with Crippen molar-refractivity contribution in [3.8, 4) is 0 Å². The van der Waals surface area contributed by atoms with E-state index in [1.807, 2.05) is 18.2 Å². The van der Waals surface area contributed by atoms with Crippen LogP contribution in [0, 0.1) is 0 Å². The summed E-state index contributed by atoms with van der Waals surface area (Å²) in [6.45, 7) is 0.605. The van der Waals surface area contributed by atoms with Gasteiger partial charge >= 0.3 is 0 Å². The van der Waals surface area contributed by atoms with Crippen molar-refractivity contribution < 1.29 is 4.79 Å². The number of pyridine rings is 1. The van der Waals surface area contributed by atoms with Gasteiger partial charge < -0.3 is 5.32 Å². The van der Waals surface area contributed by atoms with E-state index in [9.17, 15) is 4.79 Å². The molecule has 1 N–H and O–H groups in total. The van der Waals surface area contributed by atoms with Crippen LogP contribution in [0.5, 0.6) is 0 Å². The third kappa shape index (κ3) is 2.47. The van der Waals surface area contributed by atoms with Crippen LogP contribution in [0.25, 0.3) is 0 Å². The molecule has 1 atom stereocenters. The van der Waals surface area contributed by atoms with Gasteiger partial charge in [-0.3, -0.25) is 4.79 Å². The van der Waals surface area contributed by atoms with Crippen LogP contribution in [-0.2, 0) is 6.42 Å². The fourth-order valence-corrected chi connectivity index (χ4v) is 2.58. The number of benzene rings is 1. The molecule has 0 spiro atoms. The first-order valence-corrected chi connectivity index (χ1v) is 6.60. The van der Waals surface area contributed by atoms with Crippen molar-refractivity contribution in [3.63, 3.8) is 0 Å². The summed E-state index contributed by atoms with van der Waals surface area (Å²) >= 11 is 5.95. The average Bonchev–Trinajstić information content (AvgIpc) is 2.43. The van der Waals surface area contributed by atoms with Crippen LogP contribution in [0.3, 0.4) is 0 Å². The Bertz CT molecular complexity index is 613. The highest BCUT2D eigenvalue weighted by Gasteiger charge is 2.26. The third-order valence-corrected chi connectivity index (χ3v) is 3.57. The molecule has 1 aliphatic heterocycles. The highest BCUT2D eigenvalue weighted by Crippen LogP contribution is 2.26. The van der Waals surface area contributed by atoms with Gasteiger partial charge in [0.2, 0.25) is 0 Å². The number of rotatable bonds is 2. The summed E-state index contributed by atoms with van der Waals surface area (Å²) in [6, 6.07) is 13.6. The van der Waals surface area contributed by atoms with Gasteiger partial charge in [-0.15, -0.1) is 0 Å². The topological polar surface area (TPSA) is 42.0 Å². The number of aromatic nitrogens is 1. The summed E-state index contributed by atoms with van der Waals surface area (Å²) in [5.41, 5.74) is 2.67. The lowest BCUT2D eigenvalue weighted by Gasteiger charge is -2.24. The summed E-state index contributed by atoms with van der Waals surface area (Å²) in [5, 5.41) is 3.34. The molecule has 3 nitrogen and oxygen atoms in total. The highest BCUT2D eigenvalue weighted by atomic mass is 35.5. The van der Waals surface area contributed by atoms with E-state index >= 15 is 0 Å². The number of hydrogen-bond donors (Lipinski definition) is 1. The van der Waals surface area contributed by atoms with Crippen LogP contribution in [0.1, 0.15) is 27.5 Å². The van der Waals surface area contributed by atoms with Crippen molar-refractivity contribution in [1.29, 1.82) is 0 Å². The standard InChI is InChI=1S/C15H13ClN2O/c16-13-7-6-12-14(18-13)11(9-17-15(12)19)8-10-4-2-1-3-5-10/h1-7,11H,8-9H2,(H,17,19)/t11-/m1/s1. The van der Waals surface area contributed by atoms with Crippen molar-refractivity contribution in [2.24, 2.45) is 0 Å². The fourth-order valence-electron chi connectivity index (χ4n) is 2.43. The van der Waals surface area contributed by atoms with E-state index in [1.54, 1.807) is 12.1 Å². The molecule has 96 valence electrons. The van der Waals surface area contributed by atoms with Crippen LogP contribution in [0.15, 0.2) is 42.5 Å². The smallest absolute Gasteiger partial charge is 0.253 e. The highest BCUT2D eigenvalue weighted by molar-refractivity contribution is 6.29. The fraction of sp³-hybridized carbons (Fsp3) is 0.200. The minimum Gasteiger partial charge on any atom is -0.351 e. The Morgan fingerprint density at radius 3 is 2.79 bits per heavy atom. The van der Waals surface area contributed by atoms with E-state index in [4.69, 9.17) is 11.6 Å². The molecule has 2 aromatic rings. The lowest BCUT2D eigenvalue weighted by Crippen LogP contribution is -2.36. The Balaban J connectivity index is 1.95. The van der Waals surface area contributed by atoms with Crippen LogP contribution in [0.2, 0.25) is 5.15 Å². The molecule has 1 aromatic heterocycles. The quantitative estimate of drug-likeness (QED) is 0.854. The van der Waals surface area contributed by atoms with Gasteiger partial charge in [-0.1, -0.05) is 41.9 Å². The van der Waals surface area contributed by atoms with E-state index in [1.165, 1.54) is 5.56 Å². The monoisotopic (exact) mass is 272 g/mol. The second-order valence-electron chi connectivity index (χ2n) is 4.66. The van der Waals surface area contributed by atoms with Crippen molar-refractivity contribution in [1.82, 2.24) is 10.3 Å². The summed E-state index contributed by atoms with van der Waals surface area (Å²) in [4.78, 5) is 16.1. The lowest BCUT2D eigenvalue weighted by atomic mass is 9.90. The van der Waals surface area contributed by atoms with Crippen LogP contribution >= 0.6 is 11.6 Å². The zero-order valence-electron chi connectivity index (χ0n) is 10.3. The Kier molecular flexibility index (Phi) is 3.22. The first kappa shape index (κ1) is 12.2. The van der Waals surface area contributed by atoms with Gasteiger partial charge in [0, 0.05) is 12.5 Å². The van der Waals surface area contributed by atoms with Gasteiger partial charge in [-0.2, -0.15) is 0 Å². The first-order chi connectivity index (χ1) is 9.24. The zero-order valence-corrected chi connectivity index (χ0v) is 11.0. The second kappa shape index (κ2) is 5.02.